The normalized spacial score (nSPS) is 28.7. The molecule has 3 nitrogen and oxygen atoms in total. The third-order valence-corrected chi connectivity index (χ3v) is 23.5. The standard InChI is InChI=1S/C74H67BN2O/c1-71(2)59-15-9-10-16-60(59)72(3,4)62-35-65-55(34-61(62)71)56-33-58-53-14-8-11-17-66(53)78-70(58)69-67(56)75(77(65)52-21-18-49(19-22-52)48-12-6-5-7-13-48)63-32-51(74-39-45-27-46(40-74)29-47(28-45)41-74)31-57-54-30-50(20-23-64(54)76(69)68(57)63)73-36-42-24-43(37-73)26-44(25-42)38-73/h5-23,30-35,42-47H,24-29,36-41H2,1-4H3. The van der Waals surface area contributed by atoms with Crippen molar-refractivity contribution < 1.29 is 4.42 Å². The lowest BCUT2D eigenvalue weighted by molar-refractivity contribution is -0.00526. The Hall–Kier alpha value is -6.78. The quantitative estimate of drug-likeness (QED) is 0.164. The number of rotatable bonds is 4. The predicted molar refractivity (Wildman–Crippen MR) is 323 cm³/mol. The van der Waals surface area contributed by atoms with Gasteiger partial charge in [-0.05, 0) is 239 Å². The molecule has 4 heteroatoms. The fourth-order valence-corrected chi connectivity index (χ4v) is 21.0. The van der Waals surface area contributed by atoms with Crippen molar-refractivity contribution in [1.82, 2.24) is 4.57 Å². The van der Waals surface area contributed by atoms with Gasteiger partial charge in [-0.3, -0.25) is 0 Å². The first-order valence-electron chi connectivity index (χ1n) is 30.3. The van der Waals surface area contributed by atoms with Crippen LogP contribution in [-0.2, 0) is 21.7 Å². The summed E-state index contributed by atoms with van der Waals surface area (Å²) in [4.78, 5) is 2.83. The monoisotopic (exact) mass is 1010 g/mol. The van der Waals surface area contributed by atoms with Crippen LogP contribution in [0.2, 0.25) is 0 Å². The fourth-order valence-electron chi connectivity index (χ4n) is 21.0. The van der Waals surface area contributed by atoms with Crippen molar-refractivity contribution in [3.63, 3.8) is 0 Å². The van der Waals surface area contributed by atoms with E-state index >= 15 is 0 Å². The molecular weight excluding hydrogens is 944 g/mol. The number of benzene rings is 8. The van der Waals surface area contributed by atoms with Gasteiger partial charge in [0.15, 0.2) is 5.58 Å². The summed E-state index contributed by atoms with van der Waals surface area (Å²) in [5, 5.41) is 5.33. The molecule has 2 aliphatic heterocycles. The molecule has 4 heterocycles. The van der Waals surface area contributed by atoms with E-state index in [9.17, 15) is 0 Å². The van der Waals surface area contributed by atoms with Crippen LogP contribution in [0, 0.1) is 35.5 Å². The highest BCUT2D eigenvalue weighted by molar-refractivity contribution is 6.94. The molecule has 2 aromatic heterocycles. The van der Waals surface area contributed by atoms with Gasteiger partial charge in [-0.2, -0.15) is 0 Å². The molecule has 8 fully saturated rings. The van der Waals surface area contributed by atoms with E-state index in [1.807, 2.05) is 0 Å². The van der Waals surface area contributed by atoms with Crippen LogP contribution in [0.3, 0.4) is 0 Å². The van der Waals surface area contributed by atoms with Crippen LogP contribution in [-0.4, -0.2) is 11.4 Å². The summed E-state index contributed by atoms with van der Waals surface area (Å²) >= 11 is 0. The summed E-state index contributed by atoms with van der Waals surface area (Å²) in [7, 11) is 0. The van der Waals surface area contributed by atoms with Gasteiger partial charge in [0.2, 0.25) is 0 Å². The summed E-state index contributed by atoms with van der Waals surface area (Å²) in [6.45, 7) is 9.81. The van der Waals surface area contributed by atoms with Gasteiger partial charge in [-0.1, -0.05) is 125 Å². The fraction of sp³-hybridized carbons (Fsp3) is 0.351. The van der Waals surface area contributed by atoms with Crippen LogP contribution in [0.1, 0.15) is 138 Å². The lowest BCUT2D eigenvalue weighted by Gasteiger charge is -2.57. The Morgan fingerprint density at radius 3 is 1.68 bits per heavy atom. The first-order chi connectivity index (χ1) is 38.0. The van der Waals surface area contributed by atoms with E-state index in [0.717, 1.165) is 46.7 Å². The SMILES string of the molecule is CC1(C)c2ccccc2C(C)(C)c2cc3c(cc21)-c1cc2c(oc4ccccc42)c2c1B(c1cc(C45CC6CC(CC(C6)C4)C5)cc4c5cc(C67CC8CC(CC(C8)C6)C7)ccc5n-2c14)N3c1ccc(-c2ccccc2)cc1. The number of anilines is 2. The van der Waals surface area contributed by atoms with E-state index < -0.39 is 0 Å². The van der Waals surface area contributed by atoms with Crippen molar-refractivity contribution in [2.45, 2.75) is 126 Å². The number of aromatic nitrogens is 1. The third-order valence-electron chi connectivity index (χ3n) is 23.5. The van der Waals surface area contributed by atoms with Crippen LogP contribution >= 0.6 is 0 Å². The molecule has 11 aliphatic rings. The van der Waals surface area contributed by atoms with Gasteiger partial charge in [-0.25, -0.2) is 0 Å². The first-order valence-corrected chi connectivity index (χ1v) is 30.3. The minimum absolute atomic E-state index is 0.108. The Morgan fingerprint density at radius 1 is 0.462 bits per heavy atom. The maximum atomic E-state index is 7.41. The number of para-hydroxylation sites is 1. The molecule has 9 aliphatic carbocycles. The van der Waals surface area contributed by atoms with E-state index in [0.29, 0.717) is 5.41 Å². The topological polar surface area (TPSA) is 21.3 Å². The molecule has 8 bridgehead atoms. The smallest absolute Gasteiger partial charge is 0.333 e. The Morgan fingerprint density at radius 2 is 1.03 bits per heavy atom. The second-order valence-corrected chi connectivity index (χ2v) is 28.5. The summed E-state index contributed by atoms with van der Waals surface area (Å²) in [6.07, 6.45) is 16.9. The second kappa shape index (κ2) is 14.7. The molecule has 0 unspecified atom stereocenters. The van der Waals surface area contributed by atoms with Crippen molar-refractivity contribution in [2.24, 2.45) is 35.5 Å². The predicted octanol–water partition coefficient (Wildman–Crippen LogP) is 17.5. The maximum Gasteiger partial charge on any atom is 0.333 e. The molecule has 382 valence electrons. The Kier molecular flexibility index (Phi) is 8.32. The van der Waals surface area contributed by atoms with Gasteiger partial charge in [0, 0.05) is 49.3 Å². The molecule has 8 aromatic carbocycles. The molecule has 0 amide bonds. The zero-order valence-electron chi connectivity index (χ0n) is 45.8. The molecule has 0 saturated heterocycles. The Balaban J connectivity index is 0.956. The van der Waals surface area contributed by atoms with E-state index in [4.69, 9.17) is 4.42 Å². The van der Waals surface area contributed by atoms with Crippen LogP contribution in [0.4, 0.5) is 11.4 Å². The van der Waals surface area contributed by atoms with Gasteiger partial charge in [0.05, 0.1) is 16.7 Å². The lowest BCUT2D eigenvalue weighted by atomic mass is 9.42. The highest BCUT2D eigenvalue weighted by Gasteiger charge is 2.55. The molecule has 8 saturated carbocycles. The highest BCUT2D eigenvalue weighted by atomic mass is 16.3. The molecular formula is C74H67BN2O. The van der Waals surface area contributed by atoms with E-state index in [1.54, 1.807) is 11.1 Å². The number of hydrogen-bond acceptors (Lipinski definition) is 2. The molecule has 0 spiro atoms. The van der Waals surface area contributed by atoms with Crippen LogP contribution in [0.5, 0.6) is 0 Å². The van der Waals surface area contributed by atoms with Crippen LogP contribution < -0.4 is 15.7 Å². The Labute approximate surface area is 459 Å². The first kappa shape index (κ1) is 44.1. The number of fused-ring (bicyclic) bond motifs is 13. The van der Waals surface area contributed by atoms with E-state index in [-0.39, 0.29) is 23.1 Å². The van der Waals surface area contributed by atoms with Gasteiger partial charge >= 0.3 is 6.85 Å². The summed E-state index contributed by atoms with van der Waals surface area (Å²) < 4.78 is 10.2. The summed E-state index contributed by atoms with van der Waals surface area (Å²) in [5.41, 5.74) is 25.6. The summed E-state index contributed by atoms with van der Waals surface area (Å²) in [5.74, 6) is 5.24. The molecule has 21 rings (SSSR count). The minimum atomic E-state index is -0.214. The van der Waals surface area contributed by atoms with Crippen molar-refractivity contribution in [1.29, 1.82) is 0 Å². The molecule has 78 heavy (non-hydrogen) atoms. The third kappa shape index (κ3) is 5.58. The molecule has 0 atom stereocenters. The van der Waals surface area contributed by atoms with Crippen molar-refractivity contribution in [3.05, 3.63) is 185 Å². The molecule has 0 N–H and O–H groups in total. The Bertz CT molecular complexity index is 4230. The lowest BCUT2D eigenvalue weighted by Crippen LogP contribution is -2.61. The number of hydrogen-bond donors (Lipinski definition) is 0. The van der Waals surface area contributed by atoms with Gasteiger partial charge in [-0.15, -0.1) is 0 Å². The summed E-state index contributed by atoms with van der Waals surface area (Å²) in [6, 6.07) is 60.3. The number of nitrogens with zero attached hydrogens (tertiary/aromatic N) is 2. The van der Waals surface area contributed by atoms with Crippen molar-refractivity contribution in [3.8, 4) is 27.9 Å². The molecule has 10 aromatic rings. The van der Waals surface area contributed by atoms with Gasteiger partial charge in [0.1, 0.15) is 5.58 Å². The van der Waals surface area contributed by atoms with E-state index in [1.165, 1.54) is 182 Å². The number of furan rings is 1. The van der Waals surface area contributed by atoms with Crippen molar-refractivity contribution >= 4 is 72.9 Å². The zero-order valence-corrected chi connectivity index (χ0v) is 45.8. The van der Waals surface area contributed by atoms with Crippen LogP contribution in [0.15, 0.2) is 156 Å². The van der Waals surface area contributed by atoms with Gasteiger partial charge < -0.3 is 13.8 Å². The molecule has 0 radical (unpaired) electrons. The highest BCUT2D eigenvalue weighted by Crippen LogP contribution is 2.64. The van der Waals surface area contributed by atoms with E-state index in [2.05, 4.69) is 189 Å². The second-order valence-electron chi connectivity index (χ2n) is 28.5. The maximum absolute atomic E-state index is 7.41. The average molecular weight is 1010 g/mol. The zero-order chi connectivity index (χ0) is 51.3. The largest absolute Gasteiger partial charge is 0.454 e. The van der Waals surface area contributed by atoms with Gasteiger partial charge in [0.25, 0.3) is 0 Å². The van der Waals surface area contributed by atoms with Crippen LogP contribution in [0.25, 0.3) is 71.7 Å². The average Bonchev–Trinajstić information content (AvgIpc) is 4.05. The minimum Gasteiger partial charge on any atom is -0.454 e. The van der Waals surface area contributed by atoms with Crippen molar-refractivity contribution in [2.75, 3.05) is 4.81 Å².